The molecule has 0 bridgehead atoms. The zero-order valence-corrected chi connectivity index (χ0v) is 13.4. The molecule has 0 aliphatic rings. The first-order valence-corrected chi connectivity index (χ1v) is 7.84. The van der Waals surface area contributed by atoms with E-state index in [2.05, 4.69) is 17.6 Å². The zero-order valence-electron chi connectivity index (χ0n) is 11.8. The smallest absolute Gasteiger partial charge is 0.238 e. The topological polar surface area (TPSA) is 41.1 Å². The lowest BCUT2D eigenvalue weighted by Crippen LogP contribution is -2.28. The van der Waals surface area contributed by atoms with Crippen LogP contribution in [0, 0.1) is 0 Å². The van der Waals surface area contributed by atoms with Gasteiger partial charge < -0.3 is 10.6 Å². The first-order valence-electron chi connectivity index (χ1n) is 7.09. The summed E-state index contributed by atoms with van der Waals surface area (Å²) in [6.07, 6.45) is 6.14. The molecule has 0 atom stereocenters. The average Bonchev–Trinajstić information content (AvgIpc) is 2.42. The van der Waals surface area contributed by atoms with E-state index in [0.29, 0.717) is 22.3 Å². The molecule has 0 saturated heterocycles. The largest absolute Gasteiger partial charge is 0.325 e. The van der Waals surface area contributed by atoms with Crippen molar-refractivity contribution >= 4 is 34.8 Å². The zero-order chi connectivity index (χ0) is 14.8. The highest BCUT2D eigenvalue weighted by Crippen LogP contribution is 2.24. The Labute approximate surface area is 131 Å². The van der Waals surface area contributed by atoms with Crippen LogP contribution < -0.4 is 10.6 Å². The summed E-state index contributed by atoms with van der Waals surface area (Å²) in [6.45, 7) is 3.39. The number of unbranched alkanes of at least 4 members (excludes halogenated alkanes) is 4. The lowest BCUT2D eigenvalue weighted by atomic mass is 10.1. The summed E-state index contributed by atoms with van der Waals surface area (Å²) in [6, 6.07) is 5.05. The number of benzene rings is 1. The van der Waals surface area contributed by atoms with Crippen LogP contribution in [0.4, 0.5) is 5.69 Å². The quantitative estimate of drug-likeness (QED) is 0.659. The molecule has 3 nitrogen and oxygen atoms in total. The van der Waals surface area contributed by atoms with Gasteiger partial charge >= 0.3 is 0 Å². The number of rotatable bonds is 9. The Bertz CT molecular complexity index is 424. The monoisotopic (exact) mass is 316 g/mol. The maximum absolute atomic E-state index is 11.7. The van der Waals surface area contributed by atoms with Crippen molar-refractivity contribution in [2.24, 2.45) is 0 Å². The summed E-state index contributed by atoms with van der Waals surface area (Å²) >= 11 is 11.7. The number of nitrogens with one attached hydrogen (secondary N) is 2. The second-order valence-electron chi connectivity index (χ2n) is 4.77. The summed E-state index contributed by atoms with van der Waals surface area (Å²) in [4.78, 5) is 11.7. The normalized spacial score (nSPS) is 10.6. The first kappa shape index (κ1) is 17.3. The Morgan fingerprint density at radius 3 is 2.55 bits per heavy atom. The number of amides is 1. The van der Waals surface area contributed by atoms with E-state index in [1.165, 1.54) is 25.7 Å². The van der Waals surface area contributed by atoms with Crippen molar-refractivity contribution in [1.29, 1.82) is 0 Å². The molecule has 0 aliphatic heterocycles. The van der Waals surface area contributed by atoms with E-state index in [0.717, 1.165) is 13.0 Å². The third-order valence-corrected chi connectivity index (χ3v) is 3.69. The fraction of sp³-hybridized carbons (Fsp3) is 0.533. The second kappa shape index (κ2) is 10.0. The Morgan fingerprint density at radius 1 is 1.10 bits per heavy atom. The van der Waals surface area contributed by atoms with Crippen LogP contribution in [0.3, 0.4) is 0 Å². The third-order valence-electron chi connectivity index (χ3n) is 2.95. The first-order chi connectivity index (χ1) is 9.63. The van der Waals surface area contributed by atoms with E-state index in [-0.39, 0.29) is 5.91 Å². The molecule has 1 aromatic rings. The standard InChI is InChI=1S/C15H22Cl2N2O/c1-2-3-4-5-6-9-18-11-15(20)19-12-7-8-13(16)14(17)10-12/h7-8,10,18H,2-6,9,11H2,1H3,(H,19,20). The molecule has 20 heavy (non-hydrogen) atoms. The summed E-state index contributed by atoms with van der Waals surface area (Å²) in [5, 5.41) is 6.83. The molecule has 2 N–H and O–H groups in total. The van der Waals surface area contributed by atoms with Crippen molar-refractivity contribution in [3.63, 3.8) is 0 Å². The van der Waals surface area contributed by atoms with Crippen molar-refractivity contribution in [3.8, 4) is 0 Å². The molecular formula is C15H22Cl2N2O. The number of hydrogen-bond acceptors (Lipinski definition) is 2. The second-order valence-corrected chi connectivity index (χ2v) is 5.58. The lowest BCUT2D eigenvalue weighted by molar-refractivity contribution is -0.115. The minimum atomic E-state index is -0.0723. The maximum Gasteiger partial charge on any atom is 0.238 e. The van der Waals surface area contributed by atoms with Gasteiger partial charge in [-0.1, -0.05) is 55.8 Å². The van der Waals surface area contributed by atoms with E-state index in [1.807, 2.05) is 0 Å². The molecule has 1 aromatic carbocycles. The van der Waals surface area contributed by atoms with Gasteiger partial charge in [0.2, 0.25) is 5.91 Å². The number of halogens is 2. The molecule has 0 fully saturated rings. The van der Waals surface area contributed by atoms with Crippen LogP contribution in [0.25, 0.3) is 0 Å². The molecule has 5 heteroatoms. The molecule has 0 saturated carbocycles. The summed E-state index contributed by atoms with van der Waals surface area (Å²) in [7, 11) is 0. The highest BCUT2D eigenvalue weighted by Gasteiger charge is 2.04. The summed E-state index contributed by atoms with van der Waals surface area (Å²) in [5.41, 5.74) is 0.661. The number of carbonyl (C=O) groups excluding carboxylic acids is 1. The Hall–Kier alpha value is -0.770. The van der Waals surface area contributed by atoms with Crippen LogP contribution >= 0.6 is 23.2 Å². The Balaban J connectivity index is 2.15. The van der Waals surface area contributed by atoms with Crippen molar-refractivity contribution < 1.29 is 4.79 Å². The van der Waals surface area contributed by atoms with Crippen LogP contribution in [0.1, 0.15) is 39.0 Å². The SMILES string of the molecule is CCCCCCCNCC(=O)Nc1ccc(Cl)c(Cl)c1. The van der Waals surface area contributed by atoms with Gasteiger partial charge in [-0.25, -0.2) is 0 Å². The van der Waals surface area contributed by atoms with Crippen molar-refractivity contribution in [2.45, 2.75) is 39.0 Å². The minimum absolute atomic E-state index is 0.0723. The van der Waals surface area contributed by atoms with Gasteiger partial charge in [-0.15, -0.1) is 0 Å². The van der Waals surface area contributed by atoms with Gasteiger partial charge in [0.15, 0.2) is 0 Å². The number of hydrogen-bond donors (Lipinski definition) is 2. The van der Waals surface area contributed by atoms with E-state index in [4.69, 9.17) is 23.2 Å². The predicted molar refractivity (Wildman–Crippen MR) is 86.7 cm³/mol. The van der Waals surface area contributed by atoms with Crippen LogP contribution in [0.5, 0.6) is 0 Å². The van der Waals surface area contributed by atoms with Gasteiger partial charge in [0.25, 0.3) is 0 Å². The van der Waals surface area contributed by atoms with Crippen molar-refractivity contribution in [1.82, 2.24) is 5.32 Å². The molecule has 112 valence electrons. The van der Waals surface area contributed by atoms with Crippen molar-refractivity contribution in [2.75, 3.05) is 18.4 Å². The van der Waals surface area contributed by atoms with Gasteiger partial charge in [-0.3, -0.25) is 4.79 Å². The maximum atomic E-state index is 11.7. The van der Waals surface area contributed by atoms with Crippen LogP contribution in [-0.2, 0) is 4.79 Å². The fourth-order valence-electron chi connectivity index (χ4n) is 1.83. The molecule has 0 heterocycles. The van der Waals surface area contributed by atoms with E-state index >= 15 is 0 Å². The summed E-state index contributed by atoms with van der Waals surface area (Å²) < 4.78 is 0. The van der Waals surface area contributed by atoms with Gasteiger partial charge in [0, 0.05) is 5.69 Å². The van der Waals surface area contributed by atoms with Gasteiger partial charge in [0.05, 0.1) is 16.6 Å². The summed E-state index contributed by atoms with van der Waals surface area (Å²) in [5.74, 6) is -0.0723. The number of carbonyl (C=O) groups is 1. The molecule has 1 amide bonds. The third kappa shape index (κ3) is 7.13. The van der Waals surface area contributed by atoms with Gasteiger partial charge in [-0.05, 0) is 31.2 Å². The number of anilines is 1. The molecule has 1 rings (SSSR count). The molecule has 0 radical (unpaired) electrons. The fourth-order valence-corrected chi connectivity index (χ4v) is 2.13. The van der Waals surface area contributed by atoms with Gasteiger partial charge in [0.1, 0.15) is 0 Å². The average molecular weight is 317 g/mol. The van der Waals surface area contributed by atoms with E-state index < -0.39 is 0 Å². The highest BCUT2D eigenvalue weighted by molar-refractivity contribution is 6.42. The van der Waals surface area contributed by atoms with E-state index in [9.17, 15) is 4.79 Å². The molecule has 0 aromatic heterocycles. The predicted octanol–water partition coefficient (Wildman–Crippen LogP) is 4.49. The lowest BCUT2D eigenvalue weighted by Gasteiger charge is -2.07. The van der Waals surface area contributed by atoms with Crippen molar-refractivity contribution in [3.05, 3.63) is 28.2 Å². The molecule has 0 spiro atoms. The van der Waals surface area contributed by atoms with E-state index in [1.54, 1.807) is 18.2 Å². The van der Waals surface area contributed by atoms with Gasteiger partial charge in [-0.2, -0.15) is 0 Å². The van der Waals surface area contributed by atoms with Crippen LogP contribution in [0.15, 0.2) is 18.2 Å². The highest BCUT2D eigenvalue weighted by atomic mass is 35.5. The Kier molecular flexibility index (Phi) is 8.67. The Morgan fingerprint density at radius 2 is 1.85 bits per heavy atom. The molecule has 0 unspecified atom stereocenters. The van der Waals surface area contributed by atoms with Crippen LogP contribution in [0.2, 0.25) is 10.0 Å². The minimum Gasteiger partial charge on any atom is -0.325 e. The van der Waals surface area contributed by atoms with Crippen LogP contribution in [-0.4, -0.2) is 19.0 Å². The molecular weight excluding hydrogens is 295 g/mol. The molecule has 0 aliphatic carbocycles.